The molecule has 1 amide bonds. The fourth-order valence-electron chi connectivity index (χ4n) is 3.33. The lowest BCUT2D eigenvalue weighted by Crippen LogP contribution is -2.65. The molecule has 0 spiro atoms. The highest BCUT2D eigenvalue weighted by molar-refractivity contribution is 5.86. The van der Waals surface area contributed by atoms with Gasteiger partial charge in [-0.25, -0.2) is 0 Å². The summed E-state index contributed by atoms with van der Waals surface area (Å²) in [5, 5.41) is 3.59. The number of nitrogens with zero attached hydrogens (tertiary/aromatic N) is 1. The number of hydrogen-bond donors (Lipinski definition) is 2. The number of rotatable bonds is 7. The Balaban J connectivity index is 1.69. The first-order valence-corrected chi connectivity index (χ1v) is 8.05. The zero-order chi connectivity index (χ0) is 14.2. The Bertz CT molecular complexity index is 368. The minimum absolute atomic E-state index is 0.161. The number of morpholine rings is 1. The zero-order valence-electron chi connectivity index (χ0n) is 12.4. The van der Waals surface area contributed by atoms with Crippen LogP contribution >= 0.6 is 0 Å². The Hall–Kier alpha value is -0.650. The monoisotopic (exact) mass is 281 g/mol. The van der Waals surface area contributed by atoms with Gasteiger partial charge >= 0.3 is 0 Å². The van der Waals surface area contributed by atoms with E-state index in [-0.39, 0.29) is 5.91 Å². The van der Waals surface area contributed by atoms with Gasteiger partial charge in [0.2, 0.25) is 5.91 Å². The number of carbonyl (C=O) groups is 1. The number of hydrogen-bond acceptors (Lipinski definition) is 4. The topological polar surface area (TPSA) is 67.6 Å². The van der Waals surface area contributed by atoms with E-state index in [0.29, 0.717) is 18.1 Å². The van der Waals surface area contributed by atoms with E-state index in [2.05, 4.69) is 17.1 Å². The Labute approximate surface area is 121 Å². The van der Waals surface area contributed by atoms with E-state index in [1.165, 1.54) is 12.8 Å². The summed E-state index contributed by atoms with van der Waals surface area (Å²) < 4.78 is 5.72. The van der Waals surface area contributed by atoms with Gasteiger partial charge in [-0.1, -0.05) is 6.92 Å². The van der Waals surface area contributed by atoms with Crippen molar-refractivity contribution < 1.29 is 9.53 Å². The molecular formula is C15H27N3O2. The smallest absolute Gasteiger partial charge is 0.239 e. The summed E-state index contributed by atoms with van der Waals surface area (Å²) >= 11 is 0. The number of carbonyl (C=O) groups excluding carboxylic acids is 1. The maximum atomic E-state index is 12.2. The highest BCUT2D eigenvalue weighted by atomic mass is 16.5. The second-order valence-electron chi connectivity index (χ2n) is 6.66. The summed E-state index contributed by atoms with van der Waals surface area (Å²) in [5.41, 5.74) is 5.31. The Morgan fingerprint density at radius 2 is 2.15 bits per heavy atom. The molecule has 2 saturated carbocycles. The number of primary amides is 1. The van der Waals surface area contributed by atoms with Crippen LogP contribution in [0.4, 0.5) is 0 Å². The second-order valence-corrected chi connectivity index (χ2v) is 6.66. The molecule has 1 aliphatic heterocycles. The maximum absolute atomic E-state index is 12.2. The Morgan fingerprint density at radius 3 is 2.70 bits per heavy atom. The van der Waals surface area contributed by atoms with Crippen LogP contribution in [0.25, 0.3) is 0 Å². The van der Waals surface area contributed by atoms with Crippen LogP contribution in [0.1, 0.15) is 39.0 Å². The number of amides is 1. The molecule has 0 bridgehead atoms. The van der Waals surface area contributed by atoms with Crippen molar-refractivity contribution in [2.24, 2.45) is 11.7 Å². The van der Waals surface area contributed by atoms with Crippen LogP contribution in [0, 0.1) is 5.92 Å². The summed E-state index contributed by atoms with van der Waals surface area (Å²) in [6, 6.07) is 0.506. The van der Waals surface area contributed by atoms with Gasteiger partial charge in [-0.2, -0.15) is 0 Å². The van der Waals surface area contributed by atoms with E-state index >= 15 is 0 Å². The molecule has 1 saturated heterocycles. The van der Waals surface area contributed by atoms with Crippen LogP contribution in [-0.2, 0) is 9.53 Å². The predicted molar refractivity (Wildman–Crippen MR) is 77.3 cm³/mol. The van der Waals surface area contributed by atoms with Gasteiger partial charge in [-0.15, -0.1) is 0 Å². The third-order valence-corrected chi connectivity index (χ3v) is 4.90. The van der Waals surface area contributed by atoms with E-state index in [0.717, 1.165) is 45.5 Å². The molecule has 0 aromatic heterocycles. The molecule has 3 rings (SSSR count). The third-order valence-electron chi connectivity index (χ3n) is 4.90. The van der Waals surface area contributed by atoms with Gasteiger partial charge in [0, 0.05) is 25.7 Å². The van der Waals surface area contributed by atoms with Crippen LogP contribution < -0.4 is 11.1 Å². The fourth-order valence-corrected chi connectivity index (χ4v) is 3.33. The van der Waals surface area contributed by atoms with Crippen molar-refractivity contribution in [3.05, 3.63) is 0 Å². The van der Waals surface area contributed by atoms with Crippen molar-refractivity contribution in [1.82, 2.24) is 10.2 Å². The first-order chi connectivity index (χ1) is 9.64. The minimum atomic E-state index is -0.503. The van der Waals surface area contributed by atoms with E-state index in [4.69, 9.17) is 10.5 Å². The second kappa shape index (κ2) is 5.62. The summed E-state index contributed by atoms with van der Waals surface area (Å²) in [7, 11) is 0. The average Bonchev–Trinajstić information content (AvgIpc) is 3.30. The molecule has 3 fully saturated rings. The van der Waals surface area contributed by atoms with Gasteiger partial charge in [0.25, 0.3) is 0 Å². The molecule has 3 aliphatic rings. The lowest BCUT2D eigenvalue weighted by Gasteiger charge is -2.40. The molecule has 20 heavy (non-hydrogen) atoms. The van der Waals surface area contributed by atoms with Crippen LogP contribution in [0.3, 0.4) is 0 Å². The van der Waals surface area contributed by atoms with Crippen LogP contribution in [0.5, 0.6) is 0 Å². The molecule has 0 aromatic rings. The van der Waals surface area contributed by atoms with Gasteiger partial charge in [0.1, 0.15) is 5.54 Å². The van der Waals surface area contributed by atoms with Gasteiger partial charge in [0.05, 0.1) is 12.7 Å². The van der Waals surface area contributed by atoms with Crippen molar-refractivity contribution >= 4 is 5.91 Å². The lowest BCUT2D eigenvalue weighted by molar-refractivity contribution is -0.127. The molecule has 2 aliphatic carbocycles. The highest BCUT2D eigenvalue weighted by Crippen LogP contribution is 2.42. The minimum Gasteiger partial charge on any atom is -0.376 e. The molecule has 2 unspecified atom stereocenters. The van der Waals surface area contributed by atoms with E-state index in [1.54, 1.807) is 0 Å². The fraction of sp³-hybridized carbons (Fsp3) is 0.933. The molecule has 0 radical (unpaired) electrons. The first kappa shape index (κ1) is 14.3. The number of ether oxygens (including phenoxy) is 1. The van der Waals surface area contributed by atoms with Crippen molar-refractivity contribution in [3.63, 3.8) is 0 Å². The first-order valence-electron chi connectivity index (χ1n) is 8.05. The molecule has 5 heteroatoms. The largest absolute Gasteiger partial charge is 0.376 e. The molecule has 2 atom stereocenters. The predicted octanol–water partition coefficient (Wildman–Crippen LogP) is 0.483. The van der Waals surface area contributed by atoms with Crippen LogP contribution in [0.15, 0.2) is 0 Å². The third kappa shape index (κ3) is 3.00. The maximum Gasteiger partial charge on any atom is 0.239 e. The van der Waals surface area contributed by atoms with Crippen LogP contribution in [-0.4, -0.2) is 54.7 Å². The van der Waals surface area contributed by atoms with Crippen molar-refractivity contribution in [3.8, 4) is 0 Å². The average molecular weight is 281 g/mol. The van der Waals surface area contributed by atoms with E-state index in [1.807, 2.05) is 0 Å². The van der Waals surface area contributed by atoms with Gasteiger partial charge < -0.3 is 10.5 Å². The molecule has 114 valence electrons. The molecule has 0 aromatic carbocycles. The summed E-state index contributed by atoms with van der Waals surface area (Å²) in [4.78, 5) is 14.6. The SMILES string of the molecule is CCC1CN(CC(NC2CC2)(C(N)=O)C2CC2)CCO1. The van der Waals surface area contributed by atoms with Crippen molar-refractivity contribution in [2.75, 3.05) is 26.2 Å². The standard InChI is InChI=1S/C15H27N3O2/c1-2-13-9-18(7-8-20-13)10-15(14(16)19,11-3-4-11)17-12-5-6-12/h11-13,17H,2-10H2,1H3,(H2,16,19). The van der Waals surface area contributed by atoms with E-state index < -0.39 is 5.54 Å². The molecular weight excluding hydrogens is 254 g/mol. The quantitative estimate of drug-likeness (QED) is 0.712. The number of nitrogens with one attached hydrogen (secondary N) is 1. The summed E-state index contributed by atoms with van der Waals surface area (Å²) in [6.07, 6.45) is 5.95. The zero-order valence-corrected chi connectivity index (χ0v) is 12.4. The van der Waals surface area contributed by atoms with Crippen LogP contribution in [0.2, 0.25) is 0 Å². The van der Waals surface area contributed by atoms with Gasteiger partial charge in [0.15, 0.2) is 0 Å². The van der Waals surface area contributed by atoms with Gasteiger partial charge in [-0.05, 0) is 38.0 Å². The van der Waals surface area contributed by atoms with Crippen molar-refractivity contribution in [1.29, 1.82) is 0 Å². The molecule has 3 N–H and O–H groups in total. The normalized spacial score (nSPS) is 30.9. The highest BCUT2D eigenvalue weighted by Gasteiger charge is 2.52. The van der Waals surface area contributed by atoms with Gasteiger partial charge in [-0.3, -0.25) is 15.0 Å². The van der Waals surface area contributed by atoms with Crippen molar-refractivity contribution in [2.45, 2.75) is 56.7 Å². The Morgan fingerprint density at radius 1 is 1.40 bits per heavy atom. The molecule has 1 heterocycles. The Kier molecular flexibility index (Phi) is 4.02. The lowest BCUT2D eigenvalue weighted by atomic mass is 9.90. The number of nitrogens with two attached hydrogens (primary N) is 1. The molecule has 5 nitrogen and oxygen atoms in total. The van der Waals surface area contributed by atoms with E-state index in [9.17, 15) is 4.79 Å². The summed E-state index contributed by atoms with van der Waals surface area (Å²) in [6.45, 7) is 5.50. The summed E-state index contributed by atoms with van der Waals surface area (Å²) in [5.74, 6) is 0.273.